The van der Waals surface area contributed by atoms with Crippen LogP contribution in [0, 0.1) is 0 Å². The number of halogens is 1. The van der Waals surface area contributed by atoms with Gasteiger partial charge in [-0.2, -0.15) is 0 Å². The molecule has 1 aromatic rings. The van der Waals surface area contributed by atoms with Crippen molar-refractivity contribution in [3.05, 3.63) is 30.3 Å². The molecule has 0 amide bonds. The molecule has 0 radical (unpaired) electrons. The minimum atomic E-state index is -1.44. The molecule has 0 aromatic heterocycles. The van der Waals surface area contributed by atoms with E-state index in [0.717, 1.165) is 0 Å². The van der Waals surface area contributed by atoms with Gasteiger partial charge in [-0.3, -0.25) is 0 Å². The van der Waals surface area contributed by atoms with Crippen molar-refractivity contribution in [3.63, 3.8) is 0 Å². The summed E-state index contributed by atoms with van der Waals surface area (Å²) in [5, 5.41) is 1.17. The van der Waals surface area contributed by atoms with Crippen LogP contribution in [0.2, 0.25) is 0 Å². The van der Waals surface area contributed by atoms with Gasteiger partial charge in [-0.25, -0.2) is 4.39 Å². The lowest BCUT2D eigenvalue weighted by molar-refractivity contribution is 0.597. The van der Waals surface area contributed by atoms with Gasteiger partial charge in [0.1, 0.15) is 0 Å². The minimum absolute atomic E-state index is 0.197. The Morgan fingerprint density at radius 1 is 1.18 bits per heavy atom. The predicted molar refractivity (Wildman–Crippen MR) is 50.8 cm³/mol. The molecule has 2 heteroatoms. The van der Waals surface area contributed by atoms with Gasteiger partial charge >= 0.3 is 0 Å². The van der Waals surface area contributed by atoms with Crippen molar-refractivity contribution in [1.82, 2.24) is 0 Å². The lowest BCUT2D eigenvalue weighted by Crippen LogP contribution is -2.09. The highest BCUT2D eigenvalue weighted by Crippen LogP contribution is 2.49. The third-order valence-electron chi connectivity index (χ3n) is 1.75. The third kappa shape index (κ3) is 2.00. The fourth-order valence-electron chi connectivity index (χ4n) is 0.901. The number of hydrogen-bond acceptors (Lipinski definition) is 0. The third-order valence-corrected chi connectivity index (χ3v) is 4.05. The normalized spacial score (nSPS) is 11.5. The highest BCUT2D eigenvalue weighted by Gasteiger charge is 2.27. The maximum atomic E-state index is 12.5. The number of hydrogen-bond donors (Lipinski definition) is 0. The van der Waals surface area contributed by atoms with E-state index < -0.39 is 7.26 Å². The quantitative estimate of drug-likeness (QED) is 0.600. The van der Waals surface area contributed by atoms with Crippen LogP contribution in [0.15, 0.2) is 30.3 Å². The lowest BCUT2D eigenvalue weighted by Gasteiger charge is -2.12. The van der Waals surface area contributed by atoms with Gasteiger partial charge in [0, 0.05) is 0 Å². The maximum Gasteiger partial charge on any atom is 0.199 e. The van der Waals surface area contributed by atoms with E-state index in [1.54, 1.807) is 0 Å². The Kier molecular flexibility index (Phi) is 2.62. The molecule has 0 spiro atoms. The van der Waals surface area contributed by atoms with Crippen LogP contribution >= 0.6 is 7.26 Å². The van der Waals surface area contributed by atoms with Crippen LogP contribution in [0.25, 0.3) is 0 Å². The van der Waals surface area contributed by atoms with E-state index in [9.17, 15) is 4.39 Å². The van der Waals surface area contributed by atoms with E-state index >= 15 is 0 Å². The summed E-state index contributed by atoms with van der Waals surface area (Å²) in [5.41, 5.74) is 0. The summed E-state index contributed by atoms with van der Waals surface area (Å²) in [6, 6.07) is 9.90. The lowest BCUT2D eigenvalue weighted by atomic mass is 10.4. The Morgan fingerprint density at radius 2 is 1.73 bits per heavy atom. The zero-order valence-electron chi connectivity index (χ0n) is 6.92. The SMILES string of the molecule is C[P+](C)(CF)c1ccccc1. The number of alkyl halides is 1. The molecule has 1 rings (SSSR count). The largest absolute Gasteiger partial charge is 0.206 e. The molecule has 0 bridgehead atoms. The molecular formula is C9H13FP+. The summed E-state index contributed by atoms with van der Waals surface area (Å²) in [5.74, 6) is 0. The van der Waals surface area contributed by atoms with Crippen LogP contribution in [-0.4, -0.2) is 19.7 Å². The summed E-state index contributed by atoms with van der Waals surface area (Å²) in [6.45, 7) is 4.03. The summed E-state index contributed by atoms with van der Waals surface area (Å²) in [4.78, 5) is 0. The fourth-order valence-corrected chi connectivity index (χ4v) is 2.02. The topological polar surface area (TPSA) is 0 Å². The molecule has 11 heavy (non-hydrogen) atoms. The molecule has 0 heterocycles. The van der Waals surface area contributed by atoms with Crippen LogP contribution in [0.3, 0.4) is 0 Å². The molecule has 60 valence electrons. The van der Waals surface area contributed by atoms with Gasteiger partial charge in [-0.05, 0) is 12.1 Å². The molecule has 0 nitrogen and oxygen atoms in total. The summed E-state index contributed by atoms with van der Waals surface area (Å²) >= 11 is 0. The molecule has 0 saturated heterocycles. The molecule has 0 atom stereocenters. The average molecular weight is 171 g/mol. The van der Waals surface area contributed by atoms with Gasteiger partial charge in [0.2, 0.25) is 0 Å². The van der Waals surface area contributed by atoms with Crippen molar-refractivity contribution in [2.24, 2.45) is 0 Å². The van der Waals surface area contributed by atoms with E-state index in [1.807, 2.05) is 43.7 Å². The number of benzene rings is 1. The van der Waals surface area contributed by atoms with E-state index in [-0.39, 0.29) is 6.42 Å². The molecule has 0 aliphatic rings. The number of rotatable bonds is 2. The van der Waals surface area contributed by atoms with Crippen molar-refractivity contribution in [1.29, 1.82) is 0 Å². The van der Waals surface area contributed by atoms with Crippen molar-refractivity contribution in [2.75, 3.05) is 19.7 Å². The van der Waals surface area contributed by atoms with Crippen molar-refractivity contribution >= 4 is 12.6 Å². The highest BCUT2D eigenvalue weighted by atomic mass is 31.2. The molecule has 0 aliphatic heterocycles. The second kappa shape index (κ2) is 3.32. The monoisotopic (exact) mass is 171 g/mol. The molecule has 0 saturated carbocycles. The molecule has 0 N–H and O–H groups in total. The van der Waals surface area contributed by atoms with Gasteiger partial charge in [-0.1, -0.05) is 18.2 Å². The van der Waals surface area contributed by atoms with Crippen LogP contribution in [0.5, 0.6) is 0 Å². The molecule has 1 aromatic carbocycles. The predicted octanol–water partition coefficient (Wildman–Crippen LogP) is 2.52. The van der Waals surface area contributed by atoms with Crippen molar-refractivity contribution in [2.45, 2.75) is 0 Å². The van der Waals surface area contributed by atoms with E-state index in [0.29, 0.717) is 0 Å². The smallest absolute Gasteiger partial charge is 0.199 e. The Hall–Kier alpha value is -0.420. The Morgan fingerprint density at radius 3 is 2.18 bits per heavy atom. The second-order valence-corrected chi connectivity index (χ2v) is 7.27. The Balaban J connectivity index is 2.93. The Bertz CT molecular complexity index is 218. The van der Waals surface area contributed by atoms with E-state index in [4.69, 9.17) is 0 Å². The van der Waals surface area contributed by atoms with Crippen molar-refractivity contribution < 1.29 is 4.39 Å². The average Bonchev–Trinajstić information content (AvgIpc) is 2.06. The molecular weight excluding hydrogens is 158 g/mol. The first-order valence-electron chi connectivity index (χ1n) is 3.61. The second-order valence-electron chi connectivity index (χ2n) is 3.14. The van der Waals surface area contributed by atoms with Gasteiger partial charge in [0.25, 0.3) is 0 Å². The van der Waals surface area contributed by atoms with Gasteiger partial charge in [0.05, 0.1) is 25.9 Å². The first kappa shape index (κ1) is 8.67. The summed E-state index contributed by atoms with van der Waals surface area (Å²) in [6.07, 6.45) is -0.197. The van der Waals surface area contributed by atoms with Crippen LogP contribution in [-0.2, 0) is 0 Å². The molecule has 0 unspecified atom stereocenters. The van der Waals surface area contributed by atoms with Gasteiger partial charge < -0.3 is 0 Å². The zero-order valence-corrected chi connectivity index (χ0v) is 7.81. The van der Waals surface area contributed by atoms with Crippen LogP contribution in [0.4, 0.5) is 4.39 Å². The Labute approximate surface area is 67.8 Å². The van der Waals surface area contributed by atoms with Gasteiger partial charge in [-0.15, -0.1) is 0 Å². The van der Waals surface area contributed by atoms with Crippen molar-refractivity contribution in [3.8, 4) is 0 Å². The van der Waals surface area contributed by atoms with E-state index in [2.05, 4.69) is 0 Å². The maximum absolute atomic E-state index is 12.5. The van der Waals surface area contributed by atoms with Gasteiger partial charge in [0.15, 0.2) is 6.42 Å². The minimum Gasteiger partial charge on any atom is -0.206 e. The first-order valence-corrected chi connectivity index (χ1v) is 6.48. The highest BCUT2D eigenvalue weighted by molar-refractivity contribution is 7.81. The molecule has 0 fully saturated rings. The standard InChI is InChI=1S/C9H13FP/c1-11(2,8-10)9-6-4-3-5-7-9/h3-7H,8H2,1-2H3/q+1. The van der Waals surface area contributed by atoms with E-state index in [1.165, 1.54) is 5.30 Å². The fraction of sp³-hybridized carbons (Fsp3) is 0.333. The van der Waals surface area contributed by atoms with Crippen LogP contribution in [0.1, 0.15) is 0 Å². The van der Waals surface area contributed by atoms with Crippen LogP contribution < -0.4 is 5.30 Å². The first-order chi connectivity index (χ1) is 5.17. The summed E-state index contributed by atoms with van der Waals surface area (Å²) in [7, 11) is -1.44. The molecule has 0 aliphatic carbocycles. The summed E-state index contributed by atoms with van der Waals surface area (Å²) < 4.78 is 12.5. The zero-order chi connectivity index (χ0) is 8.32.